The molecule has 2 nitrogen and oxygen atoms in total. The lowest BCUT2D eigenvalue weighted by Crippen LogP contribution is -2.11. The van der Waals surface area contributed by atoms with Gasteiger partial charge in [-0.2, -0.15) is 0 Å². The summed E-state index contributed by atoms with van der Waals surface area (Å²) in [6.45, 7) is 2.17. The van der Waals surface area contributed by atoms with Crippen LogP contribution in [0.4, 0.5) is 17.1 Å². The van der Waals surface area contributed by atoms with Crippen LogP contribution in [-0.4, -0.2) is 4.57 Å². The van der Waals surface area contributed by atoms with Crippen molar-refractivity contribution < 1.29 is 0 Å². The van der Waals surface area contributed by atoms with E-state index in [-0.39, 0.29) is 0 Å². The summed E-state index contributed by atoms with van der Waals surface area (Å²) in [6.07, 6.45) is 0. The summed E-state index contributed by atoms with van der Waals surface area (Å²) in [5, 5.41) is 5.02. The lowest BCUT2D eigenvalue weighted by atomic mass is 9.96. The third-order valence-electron chi connectivity index (χ3n) is 8.49. The maximum Gasteiger partial charge on any atom is 0.0541 e. The van der Waals surface area contributed by atoms with Gasteiger partial charge in [0.15, 0.2) is 0 Å². The van der Waals surface area contributed by atoms with Gasteiger partial charge in [-0.05, 0) is 89.0 Å². The number of nitrogens with zero attached hydrogens (tertiary/aromatic N) is 2. The molecule has 8 aromatic rings. The van der Waals surface area contributed by atoms with E-state index in [2.05, 4.69) is 180 Å². The number of hydrogen-bond donors (Lipinski definition) is 0. The van der Waals surface area contributed by atoms with Crippen molar-refractivity contribution in [2.75, 3.05) is 4.90 Å². The molecule has 0 atom stereocenters. The molecular formula is C41H30N2. The fraction of sp³-hybridized carbons (Fsp3) is 0.0244. The Balaban J connectivity index is 1.31. The molecule has 0 aliphatic heterocycles. The zero-order valence-electron chi connectivity index (χ0n) is 24.0. The number of fused-ring (bicyclic) bond motifs is 4. The molecule has 0 amide bonds. The molecule has 43 heavy (non-hydrogen) atoms. The second kappa shape index (κ2) is 10.3. The van der Waals surface area contributed by atoms with Gasteiger partial charge >= 0.3 is 0 Å². The molecule has 1 aromatic heterocycles. The Labute approximate surface area is 251 Å². The van der Waals surface area contributed by atoms with Crippen LogP contribution in [0.5, 0.6) is 0 Å². The predicted molar refractivity (Wildman–Crippen MR) is 183 cm³/mol. The molecule has 0 saturated heterocycles. The summed E-state index contributed by atoms with van der Waals surface area (Å²) in [5.74, 6) is 0. The molecule has 0 aliphatic rings. The fourth-order valence-corrected chi connectivity index (χ4v) is 6.47. The topological polar surface area (TPSA) is 8.17 Å². The highest BCUT2D eigenvalue weighted by Gasteiger charge is 2.16. The normalized spacial score (nSPS) is 11.4. The fourth-order valence-electron chi connectivity index (χ4n) is 6.47. The van der Waals surface area contributed by atoms with Gasteiger partial charge in [0, 0.05) is 33.5 Å². The summed E-state index contributed by atoms with van der Waals surface area (Å²) in [5.41, 5.74) is 10.7. The summed E-state index contributed by atoms with van der Waals surface area (Å²) in [6, 6.07) is 59.0. The summed E-state index contributed by atoms with van der Waals surface area (Å²) >= 11 is 0. The Morgan fingerprint density at radius 3 is 1.72 bits per heavy atom. The number of hydrogen-bond acceptors (Lipinski definition) is 1. The first-order valence-electron chi connectivity index (χ1n) is 14.8. The highest BCUT2D eigenvalue weighted by Crippen LogP contribution is 2.40. The van der Waals surface area contributed by atoms with Gasteiger partial charge in [0.2, 0.25) is 0 Å². The number of aryl methyl sites for hydroxylation is 1. The number of aromatic nitrogens is 1. The first-order valence-corrected chi connectivity index (χ1v) is 14.8. The Kier molecular flexibility index (Phi) is 6.05. The van der Waals surface area contributed by atoms with E-state index in [9.17, 15) is 0 Å². The van der Waals surface area contributed by atoms with Crippen LogP contribution in [-0.2, 0) is 0 Å². The van der Waals surface area contributed by atoms with Gasteiger partial charge in [-0.25, -0.2) is 0 Å². The Bertz CT molecular complexity index is 2190. The standard InChI is InChI=1S/C41H30N2/c1-29-13-5-10-20-39(29)42(32-15-3-2-4-16-32)33-25-23-30(24-26-33)38-28-34(27-31-14-6-7-17-35(31)38)43-40-21-11-8-18-36(40)37-19-9-12-22-41(37)43/h2-28H,1H3. The van der Waals surface area contributed by atoms with Gasteiger partial charge in [0.1, 0.15) is 0 Å². The Morgan fingerprint density at radius 1 is 0.465 bits per heavy atom. The maximum atomic E-state index is 2.41. The molecule has 0 spiro atoms. The molecule has 0 saturated carbocycles. The molecule has 0 fully saturated rings. The van der Waals surface area contributed by atoms with Crippen LogP contribution in [0.15, 0.2) is 164 Å². The highest BCUT2D eigenvalue weighted by atomic mass is 15.1. The van der Waals surface area contributed by atoms with E-state index in [4.69, 9.17) is 0 Å². The van der Waals surface area contributed by atoms with Crippen LogP contribution in [0.2, 0.25) is 0 Å². The quantitative estimate of drug-likeness (QED) is 0.207. The van der Waals surface area contributed by atoms with Gasteiger partial charge in [0.25, 0.3) is 0 Å². The van der Waals surface area contributed by atoms with Crippen LogP contribution < -0.4 is 4.90 Å². The summed E-state index contributed by atoms with van der Waals surface area (Å²) in [4.78, 5) is 2.34. The van der Waals surface area contributed by atoms with E-state index in [1.54, 1.807) is 0 Å². The van der Waals surface area contributed by atoms with E-state index < -0.39 is 0 Å². The largest absolute Gasteiger partial charge is 0.310 e. The molecule has 204 valence electrons. The second-order valence-electron chi connectivity index (χ2n) is 11.1. The van der Waals surface area contributed by atoms with Gasteiger partial charge < -0.3 is 9.47 Å². The minimum Gasteiger partial charge on any atom is -0.310 e. The predicted octanol–water partition coefficient (Wildman–Crippen LogP) is 11.4. The average Bonchev–Trinajstić information content (AvgIpc) is 3.41. The monoisotopic (exact) mass is 550 g/mol. The van der Waals surface area contributed by atoms with Crippen LogP contribution in [0.25, 0.3) is 49.4 Å². The molecule has 0 unspecified atom stereocenters. The lowest BCUT2D eigenvalue weighted by molar-refractivity contribution is 1.19. The number of para-hydroxylation sites is 4. The molecule has 8 rings (SSSR count). The van der Waals surface area contributed by atoms with E-state index in [1.165, 1.54) is 60.6 Å². The van der Waals surface area contributed by atoms with Gasteiger partial charge in [-0.1, -0.05) is 109 Å². The molecular weight excluding hydrogens is 520 g/mol. The van der Waals surface area contributed by atoms with Crippen molar-refractivity contribution in [2.45, 2.75) is 6.92 Å². The van der Waals surface area contributed by atoms with Crippen molar-refractivity contribution in [3.8, 4) is 16.8 Å². The molecule has 0 aliphatic carbocycles. The van der Waals surface area contributed by atoms with Crippen molar-refractivity contribution in [3.63, 3.8) is 0 Å². The van der Waals surface area contributed by atoms with E-state index in [0.717, 1.165) is 11.4 Å². The summed E-state index contributed by atoms with van der Waals surface area (Å²) in [7, 11) is 0. The minimum absolute atomic E-state index is 1.13. The molecule has 0 radical (unpaired) electrons. The van der Waals surface area contributed by atoms with Crippen LogP contribution in [0.1, 0.15) is 5.56 Å². The third kappa shape index (κ3) is 4.27. The number of benzene rings is 7. The molecule has 0 bridgehead atoms. The zero-order valence-corrected chi connectivity index (χ0v) is 24.0. The van der Waals surface area contributed by atoms with E-state index >= 15 is 0 Å². The van der Waals surface area contributed by atoms with Gasteiger partial charge in [-0.3, -0.25) is 0 Å². The third-order valence-corrected chi connectivity index (χ3v) is 8.49. The number of anilines is 3. The van der Waals surface area contributed by atoms with Crippen molar-refractivity contribution >= 4 is 49.6 Å². The van der Waals surface area contributed by atoms with Crippen LogP contribution >= 0.6 is 0 Å². The molecule has 0 N–H and O–H groups in total. The van der Waals surface area contributed by atoms with Crippen molar-refractivity contribution in [3.05, 3.63) is 169 Å². The van der Waals surface area contributed by atoms with Gasteiger partial charge in [-0.15, -0.1) is 0 Å². The molecule has 2 heteroatoms. The summed E-state index contributed by atoms with van der Waals surface area (Å²) < 4.78 is 2.41. The van der Waals surface area contributed by atoms with Gasteiger partial charge in [0.05, 0.1) is 11.0 Å². The second-order valence-corrected chi connectivity index (χ2v) is 11.1. The molecule has 1 heterocycles. The van der Waals surface area contributed by atoms with E-state index in [0.29, 0.717) is 0 Å². The lowest BCUT2D eigenvalue weighted by Gasteiger charge is -2.27. The average molecular weight is 551 g/mol. The maximum absolute atomic E-state index is 2.41. The Hall–Kier alpha value is -5.60. The number of rotatable bonds is 5. The van der Waals surface area contributed by atoms with Crippen molar-refractivity contribution in [1.82, 2.24) is 4.57 Å². The van der Waals surface area contributed by atoms with Crippen LogP contribution in [0, 0.1) is 6.92 Å². The van der Waals surface area contributed by atoms with E-state index in [1.807, 2.05) is 0 Å². The highest BCUT2D eigenvalue weighted by molar-refractivity contribution is 6.10. The first-order chi connectivity index (χ1) is 21.3. The van der Waals surface area contributed by atoms with Crippen molar-refractivity contribution in [1.29, 1.82) is 0 Å². The first kappa shape index (κ1) is 25.1. The molecule has 7 aromatic carbocycles. The van der Waals surface area contributed by atoms with Crippen LogP contribution in [0.3, 0.4) is 0 Å². The Morgan fingerprint density at radius 2 is 1.02 bits per heavy atom. The SMILES string of the molecule is Cc1ccccc1N(c1ccccc1)c1ccc(-c2cc(-n3c4ccccc4c4ccccc43)cc3ccccc23)cc1. The smallest absolute Gasteiger partial charge is 0.0541 e. The van der Waals surface area contributed by atoms with Crippen molar-refractivity contribution in [2.24, 2.45) is 0 Å². The zero-order chi connectivity index (χ0) is 28.8. The minimum atomic E-state index is 1.13.